The number of hydrogen-bond acceptors (Lipinski definition) is 2. The summed E-state index contributed by atoms with van der Waals surface area (Å²) >= 11 is 6.04. The van der Waals surface area contributed by atoms with Gasteiger partial charge in [-0.2, -0.15) is 0 Å². The summed E-state index contributed by atoms with van der Waals surface area (Å²) in [5.41, 5.74) is 4.62. The first-order chi connectivity index (χ1) is 13.6. The maximum atomic E-state index is 13.3. The quantitative estimate of drug-likeness (QED) is 0.431. The van der Waals surface area contributed by atoms with Gasteiger partial charge in [-0.3, -0.25) is 4.79 Å². The van der Waals surface area contributed by atoms with E-state index in [0.29, 0.717) is 22.8 Å². The predicted molar refractivity (Wildman–Crippen MR) is 109 cm³/mol. The summed E-state index contributed by atoms with van der Waals surface area (Å²) in [5, 5.41) is 1.47. The Balaban J connectivity index is 1.73. The van der Waals surface area contributed by atoms with Crippen molar-refractivity contribution >= 4 is 34.1 Å². The lowest BCUT2D eigenvalue weighted by Gasteiger charge is -2.15. The summed E-state index contributed by atoms with van der Waals surface area (Å²) in [4.78, 5) is 19.8. The zero-order chi connectivity index (χ0) is 19.3. The minimum Gasteiger partial charge on any atom is -0.304 e. The second-order valence-corrected chi connectivity index (χ2v) is 7.14. The second-order valence-electron chi connectivity index (χ2n) is 6.71. The average Bonchev–Trinajstić information content (AvgIpc) is 3.06. The van der Waals surface area contributed by atoms with E-state index in [1.54, 1.807) is 17.0 Å². The van der Waals surface area contributed by atoms with E-state index in [1.165, 1.54) is 12.1 Å². The molecule has 1 aliphatic heterocycles. The molecule has 1 amide bonds. The molecular weight excluding hydrogens is 375 g/mol. The fraction of sp³-hybridized carbons (Fsp3) is 0.0435. The third kappa shape index (κ3) is 2.65. The Bertz CT molecular complexity index is 1220. The van der Waals surface area contributed by atoms with Gasteiger partial charge in [0.25, 0.3) is 5.91 Å². The van der Waals surface area contributed by atoms with Crippen LogP contribution in [0.25, 0.3) is 22.2 Å². The maximum Gasteiger partial charge on any atom is 0.259 e. The number of nitrogens with zero attached hydrogens (tertiary/aromatic N) is 2. The number of rotatable bonds is 2. The number of pyridine rings is 1. The first-order valence-corrected chi connectivity index (χ1v) is 9.24. The number of aromatic nitrogens is 1. The minimum absolute atomic E-state index is 0.101. The van der Waals surface area contributed by atoms with Crippen LogP contribution in [0.4, 0.5) is 10.1 Å². The van der Waals surface area contributed by atoms with Crippen LogP contribution in [0.2, 0.25) is 5.02 Å². The first kappa shape index (κ1) is 16.9. The van der Waals surface area contributed by atoms with Crippen molar-refractivity contribution in [1.29, 1.82) is 0 Å². The lowest BCUT2D eigenvalue weighted by molar-refractivity contribution is 0.0998. The van der Waals surface area contributed by atoms with Crippen LogP contribution in [0.3, 0.4) is 0 Å². The molecule has 0 N–H and O–H groups in total. The lowest BCUT2D eigenvalue weighted by Crippen LogP contribution is -2.23. The molecular formula is C23H14ClFN2O. The number of hydrogen-bond donors (Lipinski definition) is 0. The number of amides is 1. The Morgan fingerprint density at radius 3 is 2.39 bits per heavy atom. The molecule has 0 atom stereocenters. The van der Waals surface area contributed by atoms with Gasteiger partial charge in [-0.15, -0.1) is 0 Å². The van der Waals surface area contributed by atoms with E-state index < -0.39 is 0 Å². The van der Waals surface area contributed by atoms with Crippen molar-refractivity contribution in [3.63, 3.8) is 0 Å². The molecule has 28 heavy (non-hydrogen) atoms. The lowest BCUT2D eigenvalue weighted by atomic mass is 9.99. The molecule has 3 nitrogen and oxygen atoms in total. The molecule has 0 saturated carbocycles. The Labute approximate surface area is 166 Å². The van der Waals surface area contributed by atoms with Gasteiger partial charge >= 0.3 is 0 Å². The molecule has 3 aromatic carbocycles. The fourth-order valence-corrected chi connectivity index (χ4v) is 3.82. The van der Waals surface area contributed by atoms with Gasteiger partial charge in [-0.05, 0) is 42.5 Å². The average molecular weight is 389 g/mol. The highest BCUT2D eigenvalue weighted by Crippen LogP contribution is 2.38. The first-order valence-electron chi connectivity index (χ1n) is 8.87. The number of fused-ring (bicyclic) bond motifs is 3. The molecule has 2 heterocycles. The Kier molecular flexibility index (Phi) is 3.88. The smallest absolute Gasteiger partial charge is 0.259 e. The van der Waals surface area contributed by atoms with Crippen LogP contribution in [0, 0.1) is 5.82 Å². The van der Waals surface area contributed by atoms with E-state index in [1.807, 2.05) is 48.5 Å². The number of para-hydroxylation sites is 1. The van der Waals surface area contributed by atoms with Gasteiger partial charge in [0.2, 0.25) is 0 Å². The number of carbonyl (C=O) groups is 1. The summed E-state index contributed by atoms with van der Waals surface area (Å²) in [6, 6.07) is 21.0. The van der Waals surface area contributed by atoms with Gasteiger partial charge in [0.15, 0.2) is 0 Å². The molecule has 1 aliphatic rings. The molecule has 0 radical (unpaired) electrons. The van der Waals surface area contributed by atoms with Gasteiger partial charge in [0, 0.05) is 27.2 Å². The Morgan fingerprint density at radius 1 is 0.929 bits per heavy atom. The minimum atomic E-state index is -0.332. The van der Waals surface area contributed by atoms with Crippen LogP contribution < -0.4 is 4.90 Å². The van der Waals surface area contributed by atoms with Crippen molar-refractivity contribution in [3.05, 3.63) is 94.8 Å². The maximum absolute atomic E-state index is 13.3. The summed E-state index contributed by atoms with van der Waals surface area (Å²) < 4.78 is 13.3. The van der Waals surface area contributed by atoms with E-state index in [9.17, 15) is 9.18 Å². The Hall–Kier alpha value is -3.24. The van der Waals surface area contributed by atoms with Crippen LogP contribution >= 0.6 is 11.6 Å². The van der Waals surface area contributed by atoms with Crippen molar-refractivity contribution in [2.75, 3.05) is 4.90 Å². The standard InChI is InChI=1S/C23H14ClFN2O/c24-15-7-5-14(6-8-15)22-19-13-27(17-11-9-16(25)10-12-17)23(28)21(19)18-3-1-2-4-20(18)26-22/h1-12H,13H2. The molecule has 136 valence electrons. The van der Waals surface area contributed by atoms with Gasteiger partial charge in [-0.1, -0.05) is 41.9 Å². The van der Waals surface area contributed by atoms with Crippen LogP contribution in [-0.2, 0) is 6.54 Å². The predicted octanol–water partition coefficient (Wildman–Crippen LogP) is 5.85. The van der Waals surface area contributed by atoms with E-state index in [0.717, 1.165) is 27.7 Å². The molecule has 1 aromatic heterocycles. The third-order valence-corrected chi connectivity index (χ3v) is 5.28. The molecule has 0 fully saturated rings. The van der Waals surface area contributed by atoms with Gasteiger partial charge in [0.1, 0.15) is 5.82 Å². The monoisotopic (exact) mass is 388 g/mol. The summed E-state index contributed by atoms with van der Waals surface area (Å²) in [6.07, 6.45) is 0. The van der Waals surface area contributed by atoms with Gasteiger partial charge in [0.05, 0.1) is 23.3 Å². The zero-order valence-corrected chi connectivity index (χ0v) is 15.4. The highest BCUT2D eigenvalue weighted by atomic mass is 35.5. The largest absolute Gasteiger partial charge is 0.304 e. The normalized spacial score (nSPS) is 13.2. The van der Waals surface area contributed by atoms with Crippen LogP contribution in [0.1, 0.15) is 15.9 Å². The molecule has 0 bridgehead atoms. The molecule has 0 aliphatic carbocycles. The molecule has 0 unspecified atom stereocenters. The van der Waals surface area contributed by atoms with Crippen molar-refractivity contribution in [1.82, 2.24) is 4.98 Å². The molecule has 4 aromatic rings. The second kappa shape index (κ2) is 6.43. The summed E-state index contributed by atoms with van der Waals surface area (Å²) in [7, 11) is 0. The van der Waals surface area contributed by atoms with E-state index in [2.05, 4.69) is 0 Å². The van der Waals surface area contributed by atoms with E-state index in [-0.39, 0.29) is 11.7 Å². The van der Waals surface area contributed by atoms with Gasteiger partial charge < -0.3 is 4.90 Å². The topological polar surface area (TPSA) is 33.2 Å². The molecule has 0 spiro atoms. The molecule has 5 heteroatoms. The highest BCUT2D eigenvalue weighted by molar-refractivity contribution is 6.30. The molecule has 5 rings (SSSR count). The zero-order valence-electron chi connectivity index (χ0n) is 14.7. The number of benzene rings is 3. The van der Waals surface area contributed by atoms with Gasteiger partial charge in [-0.25, -0.2) is 9.37 Å². The van der Waals surface area contributed by atoms with Crippen LogP contribution in [0.5, 0.6) is 0 Å². The van der Waals surface area contributed by atoms with E-state index in [4.69, 9.17) is 16.6 Å². The van der Waals surface area contributed by atoms with E-state index >= 15 is 0 Å². The van der Waals surface area contributed by atoms with Crippen molar-refractivity contribution < 1.29 is 9.18 Å². The van der Waals surface area contributed by atoms with Crippen LogP contribution in [0.15, 0.2) is 72.8 Å². The number of anilines is 1. The molecule has 0 saturated heterocycles. The van der Waals surface area contributed by atoms with Crippen molar-refractivity contribution in [2.45, 2.75) is 6.54 Å². The highest BCUT2D eigenvalue weighted by Gasteiger charge is 2.33. The third-order valence-electron chi connectivity index (χ3n) is 5.02. The fourth-order valence-electron chi connectivity index (χ4n) is 3.69. The van der Waals surface area contributed by atoms with Crippen molar-refractivity contribution in [3.8, 4) is 11.3 Å². The van der Waals surface area contributed by atoms with Crippen molar-refractivity contribution in [2.24, 2.45) is 0 Å². The SMILES string of the molecule is O=C1c2c(c(-c3ccc(Cl)cc3)nc3ccccc23)CN1c1ccc(F)cc1. The summed E-state index contributed by atoms with van der Waals surface area (Å²) in [6.45, 7) is 0.385. The number of halogens is 2. The Morgan fingerprint density at radius 2 is 1.64 bits per heavy atom. The number of carbonyl (C=O) groups excluding carboxylic acids is 1. The summed E-state index contributed by atoms with van der Waals surface area (Å²) in [5.74, 6) is -0.433. The van der Waals surface area contributed by atoms with Crippen LogP contribution in [-0.4, -0.2) is 10.9 Å².